The summed E-state index contributed by atoms with van der Waals surface area (Å²) in [6, 6.07) is 5.90. The maximum Gasteiger partial charge on any atom is 0.225 e. The number of carbonyl (C=O) groups is 1. The van der Waals surface area contributed by atoms with Gasteiger partial charge in [0, 0.05) is 31.1 Å². The number of piperidine rings is 1. The van der Waals surface area contributed by atoms with E-state index in [0.29, 0.717) is 0 Å². The molecule has 0 spiro atoms. The number of amides is 1. The van der Waals surface area contributed by atoms with E-state index in [-0.39, 0.29) is 17.7 Å². The van der Waals surface area contributed by atoms with Crippen LogP contribution < -0.4 is 0 Å². The topological polar surface area (TPSA) is 50.5 Å². The van der Waals surface area contributed by atoms with Crippen LogP contribution in [0, 0.1) is 5.92 Å². The van der Waals surface area contributed by atoms with E-state index >= 15 is 0 Å². The molecule has 0 aromatic carbocycles. The average Bonchev–Trinajstić information content (AvgIpc) is 2.90. The first kappa shape index (κ1) is 13.1. The highest BCUT2D eigenvalue weighted by Crippen LogP contribution is 2.26. The Morgan fingerprint density at radius 2 is 2.20 bits per heavy atom. The lowest BCUT2D eigenvalue weighted by Gasteiger charge is -2.33. The van der Waals surface area contributed by atoms with Gasteiger partial charge >= 0.3 is 0 Å². The summed E-state index contributed by atoms with van der Waals surface area (Å²) < 4.78 is 2.04. The molecule has 1 aliphatic heterocycles. The molecule has 20 heavy (non-hydrogen) atoms. The molecule has 0 aliphatic carbocycles. The summed E-state index contributed by atoms with van der Waals surface area (Å²) >= 11 is 0. The fraction of sp³-hybridized carbons (Fsp3) is 0.533. The van der Waals surface area contributed by atoms with Gasteiger partial charge in [0.25, 0.3) is 0 Å². The summed E-state index contributed by atoms with van der Waals surface area (Å²) in [6.45, 7) is 5.54. The number of hydrogen-bond acceptors (Lipinski definition) is 3. The van der Waals surface area contributed by atoms with Crippen LogP contribution in [0.15, 0.2) is 24.4 Å². The van der Waals surface area contributed by atoms with Crippen molar-refractivity contribution >= 4 is 11.6 Å². The molecule has 0 radical (unpaired) electrons. The third-order valence-corrected chi connectivity index (χ3v) is 3.93. The van der Waals surface area contributed by atoms with Crippen LogP contribution in [0.25, 0.3) is 5.65 Å². The number of pyridine rings is 1. The smallest absolute Gasteiger partial charge is 0.225 e. The minimum absolute atomic E-state index is 0.0592. The Hall–Kier alpha value is -1.91. The number of hydrogen-bond donors (Lipinski definition) is 0. The number of nitrogens with zero attached hydrogens (tertiary/aromatic N) is 4. The standard InChI is InChI=1S/C15H20N4O/c1-11(2)15(20)18-8-5-6-12(10-18)14-17-16-13-7-3-4-9-19(13)14/h3-4,7,9,11-12H,5-6,8,10H2,1-2H3/t12-/m0/s1. The summed E-state index contributed by atoms with van der Waals surface area (Å²) in [7, 11) is 0. The first-order chi connectivity index (χ1) is 9.66. The van der Waals surface area contributed by atoms with Crippen LogP contribution in [0.1, 0.15) is 38.4 Å². The number of likely N-dealkylation sites (tertiary alicyclic amines) is 1. The zero-order valence-corrected chi connectivity index (χ0v) is 12.0. The van der Waals surface area contributed by atoms with E-state index in [1.165, 1.54) is 0 Å². The minimum Gasteiger partial charge on any atom is -0.342 e. The second-order valence-electron chi connectivity index (χ2n) is 5.77. The van der Waals surface area contributed by atoms with Crippen molar-refractivity contribution in [2.45, 2.75) is 32.6 Å². The third kappa shape index (κ3) is 2.28. The van der Waals surface area contributed by atoms with Gasteiger partial charge in [-0.1, -0.05) is 19.9 Å². The van der Waals surface area contributed by atoms with Crippen LogP contribution >= 0.6 is 0 Å². The van der Waals surface area contributed by atoms with Crippen molar-refractivity contribution in [2.75, 3.05) is 13.1 Å². The fourth-order valence-corrected chi connectivity index (χ4v) is 2.89. The lowest BCUT2D eigenvalue weighted by molar-refractivity contribution is -0.135. The highest BCUT2D eigenvalue weighted by molar-refractivity contribution is 5.78. The number of carbonyl (C=O) groups excluding carboxylic acids is 1. The predicted octanol–water partition coefficient (Wildman–Crippen LogP) is 2.09. The van der Waals surface area contributed by atoms with Crippen LogP contribution in [0.3, 0.4) is 0 Å². The van der Waals surface area contributed by atoms with E-state index in [9.17, 15) is 4.79 Å². The van der Waals surface area contributed by atoms with E-state index in [4.69, 9.17) is 0 Å². The van der Waals surface area contributed by atoms with Crippen molar-refractivity contribution in [2.24, 2.45) is 5.92 Å². The first-order valence-corrected chi connectivity index (χ1v) is 7.25. The number of rotatable bonds is 2. The molecule has 3 heterocycles. The van der Waals surface area contributed by atoms with Gasteiger partial charge in [0.2, 0.25) is 5.91 Å². The molecule has 5 heteroatoms. The van der Waals surface area contributed by atoms with Crippen molar-refractivity contribution in [3.63, 3.8) is 0 Å². The highest BCUT2D eigenvalue weighted by Gasteiger charge is 2.28. The maximum atomic E-state index is 12.2. The van der Waals surface area contributed by atoms with Gasteiger partial charge in [0.15, 0.2) is 5.65 Å². The zero-order valence-electron chi connectivity index (χ0n) is 12.0. The fourth-order valence-electron chi connectivity index (χ4n) is 2.89. The molecule has 5 nitrogen and oxygen atoms in total. The van der Waals surface area contributed by atoms with Gasteiger partial charge in [0.1, 0.15) is 5.82 Å². The molecule has 1 amide bonds. The predicted molar refractivity (Wildman–Crippen MR) is 76.4 cm³/mol. The first-order valence-electron chi connectivity index (χ1n) is 7.25. The number of aromatic nitrogens is 3. The SMILES string of the molecule is CC(C)C(=O)N1CCC[C@H](c2nnc3ccccn23)C1. The molecule has 0 saturated carbocycles. The van der Waals surface area contributed by atoms with Crippen molar-refractivity contribution in [1.29, 1.82) is 0 Å². The second kappa shape index (κ2) is 5.23. The molecule has 0 N–H and O–H groups in total. The van der Waals surface area contributed by atoms with Crippen molar-refractivity contribution < 1.29 is 4.79 Å². The van der Waals surface area contributed by atoms with E-state index in [1.54, 1.807) is 0 Å². The van der Waals surface area contributed by atoms with Crippen molar-refractivity contribution in [1.82, 2.24) is 19.5 Å². The molecule has 0 bridgehead atoms. The lowest BCUT2D eigenvalue weighted by atomic mass is 9.96. The molecule has 1 fully saturated rings. The van der Waals surface area contributed by atoms with Crippen LogP contribution in [0.5, 0.6) is 0 Å². The molecule has 2 aromatic rings. The lowest BCUT2D eigenvalue weighted by Crippen LogP contribution is -2.41. The Morgan fingerprint density at radius 3 is 3.00 bits per heavy atom. The van der Waals surface area contributed by atoms with Gasteiger partial charge in [-0.2, -0.15) is 0 Å². The molecule has 1 saturated heterocycles. The van der Waals surface area contributed by atoms with Crippen LogP contribution in [0.2, 0.25) is 0 Å². The highest BCUT2D eigenvalue weighted by atomic mass is 16.2. The Kier molecular flexibility index (Phi) is 3.42. The van der Waals surface area contributed by atoms with Gasteiger partial charge in [-0.15, -0.1) is 10.2 Å². The summed E-state index contributed by atoms with van der Waals surface area (Å²) in [5.74, 6) is 1.55. The van der Waals surface area contributed by atoms with E-state index in [0.717, 1.165) is 37.4 Å². The molecule has 0 unspecified atom stereocenters. The van der Waals surface area contributed by atoms with E-state index in [2.05, 4.69) is 10.2 Å². The Bertz CT molecular complexity index is 619. The molecule has 1 atom stereocenters. The molecular formula is C15H20N4O. The molecule has 1 aliphatic rings. The van der Waals surface area contributed by atoms with Gasteiger partial charge in [-0.25, -0.2) is 0 Å². The molecule has 106 valence electrons. The zero-order chi connectivity index (χ0) is 14.1. The van der Waals surface area contributed by atoms with Gasteiger partial charge in [-0.05, 0) is 25.0 Å². The molecule has 2 aromatic heterocycles. The summed E-state index contributed by atoms with van der Waals surface area (Å²) in [5, 5.41) is 8.54. The third-order valence-electron chi connectivity index (χ3n) is 3.93. The summed E-state index contributed by atoms with van der Waals surface area (Å²) in [5.41, 5.74) is 0.870. The van der Waals surface area contributed by atoms with Crippen molar-refractivity contribution in [3.8, 4) is 0 Å². The summed E-state index contributed by atoms with van der Waals surface area (Å²) in [4.78, 5) is 14.1. The van der Waals surface area contributed by atoms with Crippen molar-refractivity contribution in [3.05, 3.63) is 30.2 Å². The second-order valence-corrected chi connectivity index (χ2v) is 5.77. The van der Waals surface area contributed by atoms with Gasteiger partial charge in [0.05, 0.1) is 0 Å². The average molecular weight is 272 g/mol. The largest absolute Gasteiger partial charge is 0.342 e. The van der Waals surface area contributed by atoms with Gasteiger partial charge < -0.3 is 4.90 Å². The molecule has 3 rings (SSSR count). The number of fused-ring (bicyclic) bond motifs is 1. The quantitative estimate of drug-likeness (QED) is 0.841. The summed E-state index contributed by atoms with van der Waals surface area (Å²) in [6.07, 6.45) is 4.09. The maximum absolute atomic E-state index is 12.2. The Morgan fingerprint density at radius 1 is 1.35 bits per heavy atom. The van der Waals surface area contributed by atoms with Crippen LogP contribution in [-0.2, 0) is 4.79 Å². The van der Waals surface area contributed by atoms with Crippen LogP contribution in [-0.4, -0.2) is 38.5 Å². The van der Waals surface area contributed by atoms with E-state index < -0.39 is 0 Å². The minimum atomic E-state index is 0.0592. The monoisotopic (exact) mass is 272 g/mol. The molecular weight excluding hydrogens is 252 g/mol. The van der Waals surface area contributed by atoms with Crippen LogP contribution in [0.4, 0.5) is 0 Å². The van der Waals surface area contributed by atoms with E-state index in [1.807, 2.05) is 47.5 Å². The Balaban J connectivity index is 1.85. The van der Waals surface area contributed by atoms with Gasteiger partial charge in [-0.3, -0.25) is 9.20 Å². The Labute approximate surface area is 118 Å². The normalized spacial score (nSPS) is 19.8.